The van der Waals surface area contributed by atoms with Crippen molar-refractivity contribution in [2.24, 2.45) is 5.92 Å². The van der Waals surface area contributed by atoms with Gasteiger partial charge in [0.25, 0.3) is 17.5 Å². The van der Waals surface area contributed by atoms with Gasteiger partial charge < -0.3 is 15.4 Å². The standard InChI is InChI=1S/C19H21N3O5/c1-13(2)11-20-19(24)16-5-3-4-6-17(16)21-18(23)12-27-15-9-7-14(8-10-15)22(25)26/h3-10,13H,11-12H2,1-2H3,(H,20,24)(H,21,23). The lowest BCUT2D eigenvalue weighted by Gasteiger charge is -2.13. The van der Waals surface area contributed by atoms with E-state index in [2.05, 4.69) is 10.6 Å². The molecule has 2 N–H and O–H groups in total. The lowest BCUT2D eigenvalue weighted by atomic mass is 10.1. The number of hydrogen-bond acceptors (Lipinski definition) is 5. The first-order valence-corrected chi connectivity index (χ1v) is 8.41. The Hall–Kier alpha value is -3.42. The van der Waals surface area contributed by atoms with Crippen molar-refractivity contribution in [3.8, 4) is 5.75 Å². The Morgan fingerprint density at radius 2 is 1.78 bits per heavy atom. The number of carbonyl (C=O) groups excluding carboxylic acids is 2. The van der Waals surface area contributed by atoms with Crippen molar-refractivity contribution in [2.45, 2.75) is 13.8 Å². The quantitative estimate of drug-likeness (QED) is 0.547. The fourth-order valence-corrected chi connectivity index (χ4v) is 2.18. The molecule has 142 valence electrons. The molecule has 0 saturated heterocycles. The molecule has 27 heavy (non-hydrogen) atoms. The van der Waals surface area contributed by atoms with Gasteiger partial charge in [0.15, 0.2) is 6.61 Å². The average molecular weight is 371 g/mol. The molecule has 0 spiro atoms. The summed E-state index contributed by atoms with van der Waals surface area (Å²) in [5.41, 5.74) is 0.686. The molecule has 0 fully saturated rings. The highest BCUT2D eigenvalue weighted by molar-refractivity contribution is 6.04. The first kappa shape index (κ1) is 19.9. The van der Waals surface area contributed by atoms with Crippen LogP contribution in [-0.2, 0) is 4.79 Å². The van der Waals surface area contributed by atoms with Crippen molar-refractivity contribution in [3.63, 3.8) is 0 Å². The molecule has 0 heterocycles. The molecule has 0 atom stereocenters. The van der Waals surface area contributed by atoms with Crippen molar-refractivity contribution < 1.29 is 19.2 Å². The number of anilines is 1. The molecule has 8 nitrogen and oxygen atoms in total. The van der Waals surface area contributed by atoms with Gasteiger partial charge >= 0.3 is 0 Å². The van der Waals surface area contributed by atoms with Crippen molar-refractivity contribution in [3.05, 3.63) is 64.2 Å². The van der Waals surface area contributed by atoms with Gasteiger partial charge in [-0.05, 0) is 30.2 Å². The number of carbonyl (C=O) groups is 2. The minimum atomic E-state index is -0.516. The third kappa shape index (κ3) is 6.10. The van der Waals surface area contributed by atoms with Gasteiger partial charge in [-0.3, -0.25) is 19.7 Å². The topological polar surface area (TPSA) is 111 Å². The molecule has 2 amide bonds. The van der Waals surface area contributed by atoms with Gasteiger partial charge in [-0.15, -0.1) is 0 Å². The largest absolute Gasteiger partial charge is 0.484 e. The summed E-state index contributed by atoms with van der Waals surface area (Å²) in [5, 5.41) is 16.1. The van der Waals surface area contributed by atoms with Gasteiger partial charge in [-0.2, -0.15) is 0 Å². The van der Waals surface area contributed by atoms with E-state index in [0.717, 1.165) is 0 Å². The summed E-state index contributed by atoms with van der Waals surface area (Å²) >= 11 is 0. The molecule has 0 saturated carbocycles. The molecule has 0 aliphatic rings. The van der Waals surface area contributed by atoms with Gasteiger partial charge in [0.1, 0.15) is 5.75 Å². The second-order valence-corrected chi connectivity index (χ2v) is 6.24. The van der Waals surface area contributed by atoms with Crippen molar-refractivity contribution >= 4 is 23.2 Å². The average Bonchev–Trinajstić information content (AvgIpc) is 2.65. The van der Waals surface area contributed by atoms with E-state index in [1.165, 1.54) is 24.3 Å². The van der Waals surface area contributed by atoms with Crippen LogP contribution in [0.5, 0.6) is 5.75 Å². The Balaban J connectivity index is 1.95. The molecule has 0 aliphatic heterocycles. The SMILES string of the molecule is CC(C)CNC(=O)c1ccccc1NC(=O)COc1ccc([N+](=O)[O-])cc1. The number of benzene rings is 2. The number of nitrogens with one attached hydrogen (secondary N) is 2. The molecule has 2 aromatic rings. The maximum atomic E-state index is 12.3. The highest BCUT2D eigenvalue weighted by Crippen LogP contribution is 2.18. The monoisotopic (exact) mass is 371 g/mol. The summed E-state index contributed by atoms with van der Waals surface area (Å²) in [6.45, 7) is 4.22. The molecular formula is C19H21N3O5. The number of ether oxygens (including phenoxy) is 1. The molecule has 0 unspecified atom stereocenters. The molecular weight excluding hydrogens is 350 g/mol. The van der Waals surface area contributed by atoms with Crippen LogP contribution in [0.3, 0.4) is 0 Å². The summed E-state index contributed by atoms with van der Waals surface area (Å²) in [7, 11) is 0. The number of para-hydroxylation sites is 1. The minimum absolute atomic E-state index is 0.0619. The number of non-ortho nitro benzene ring substituents is 1. The Morgan fingerprint density at radius 3 is 2.41 bits per heavy atom. The first-order valence-electron chi connectivity index (χ1n) is 8.41. The van der Waals surface area contributed by atoms with E-state index >= 15 is 0 Å². The molecule has 0 aliphatic carbocycles. The summed E-state index contributed by atoms with van der Waals surface area (Å²) in [6.07, 6.45) is 0. The highest BCUT2D eigenvalue weighted by Gasteiger charge is 2.14. The highest BCUT2D eigenvalue weighted by atomic mass is 16.6. The fourth-order valence-electron chi connectivity index (χ4n) is 2.18. The van der Waals surface area contributed by atoms with Crippen LogP contribution >= 0.6 is 0 Å². The fraction of sp³-hybridized carbons (Fsp3) is 0.263. The maximum Gasteiger partial charge on any atom is 0.269 e. The number of nitrogens with zero attached hydrogens (tertiary/aromatic N) is 1. The summed E-state index contributed by atoms with van der Waals surface area (Å²) in [5.74, 6) is -0.0714. The van der Waals surface area contributed by atoms with Crippen LogP contribution in [-0.4, -0.2) is 29.9 Å². The molecule has 2 aromatic carbocycles. The molecule has 0 radical (unpaired) electrons. The normalized spacial score (nSPS) is 10.3. The van der Waals surface area contributed by atoms with E-state index in [1.54, 1.807) is 24.3 Å². The maximum absolute atomic E-state index is 12.3. The van der Waals surface area contributed by atoms with Crippen molar-refractivity contribution in [1.82, 2.24) is 5.32 Å². The number of rotatable bonds is 8. The van der Waals surface area contributed by atoms with Crippen molar-refractivity contribution in [2.75, 3.05) is 18.5 Å². The smallest absolute Gasteiger partial charge is 0.269 e. The number of nitro groups is 1. The predicted octanol–water partition coefficient (Wildman–Crippen LogP) is 3.00. The summed E-state index contributed by atoms with van der Waals surface area (Å²) in [4.78, 5) is 34.5. The van der Waals surface area contributed by atoms with E-state index in [-0.39, 0.29) is 18.2 Å². The van der Waals surface area contributed by atoms with Crippen LogP contribution < -0.4 is 15.4 Å². The lowest BCUT2D eigenvalue weighted by Crippen LogP contribution is -2.29. The molecule has 8 heteroatoms. The number of hydrogen-bond donors (Lipinski definition) is 2. The van der Waals surface area contributed by atoms with E-state index in [1.807, 2.05) is 13.8 Å². The summed E-state index contributed by atoms with van der Waals surface area (Å²) < 4.78 is 5.32. The van der Waals surface area contributed by atoms with Crippen LogP contribution in [0.25, 0.3) is 0 Å². The minimum Gasteiger partial charge on any atom is -0.484 e. The number of amides is 2. The Morgan fingerprint density at radius 1 is 1.11 bits per heavy atom. The predicted molar refractivity (Wildman–Crippen MR) is 101 cm³/mol. The van der Waals surface area contributed by atoms with Gasteiger partial charge in [0.05, 0.1) is 16.2 Å². The second kappa shape index (κ2) is 9.33. The van der Waals surface area contributed by atoms with E-state index in [4.69, 9.17) is 4.74 Å². The van der Waals surface area contributed by atoms with Crippen LogP contribution in [0.2, 0.25) is 0 Å². The zero-order chi connectivity index (χ0) is 19.8. The van der Waals surface area contributed by atoms with Gasteiger partial charge in [-0.25, -0.2) is 0 Å². The second-order valence-electron chi connectivity index (χ2n) is 6.24. The lowest BCUT2D eigenvalue weighted by molar-refractivity contribution is -0.384. The molecule has 0 aromatic heterocycles. The zero-order valence-corrected chi connectivity index (χ0v) is 15.1. The zero-order valence-electron chi connectivity index (χ0n) is 15.1. The Kier molecular flexibility index (Phi) is 6.87. The van der Waals surface area contributed by atoms with E-state index in [0.29, 0.717) is 29.5 Å². The Bertz CT molecular complexity index is 818. The third-order valence-corrected chi connectivity index (χ3v) is 3.53. The van der Waals surface area contributed by atoms with Gasteiger partial charge in [-0.1, -0.05) is 26.0 Å². The summed E-state index contributed by atoms with van der Waals surface area (Å²) in [6, 6.07) is 12.1. The van der Waals surface area contributed by atoms with Crippen LogP contribution in [0.1, 0.15) is 24.2 Å². The number of nitro benzene ring substituents is 1. The van der Waals surface area contributed by atoms with Crippen molar-refractivity contribution in [1.29, 1.82) is 0 Å². The first-order chi connectivity index (χ1) is 12.9. The molecule has 2 rings (SSSR count). The molecule has 0 bridgehead atoms. The van der Waals surface area contributed by atoms with E-state index < -0.39 is 10.8 Å². The van der Waals surface area contributed by atoms with Gasteiger partial charge in [0.2, 0.25) is 0 Å². The van der Waals surface area contributed by atoms with Crippen LogP contribution in [0, 0.1) is 16.0 Å². The van der Waals surface area contributed by atoms with E-state index in [9.17, 15) is 19.7 Å². The van der Waals surface area contributed by atoms with Gasteiger partial charge in [0, 0.05) is 18.7 Å². The van der Waals surface area contributed by atoms with Crippen LogP contribution in [0.4, 0.5) is 11.4 Å². The third-order valence-electron chi connectivity index (χ3n) is 3.53. The Labute approximate surface area is 156 Å². The van der Waals surface area contributed by atoms with Crippen LogP contribution in [0.15, 0.2) is 48.5 Å².